The Bertz CT molecular complexity index is 543. The Balaban J connectivity index is 1.85. The molecule has 0 aliphatic carbocycles. The Morgan fingerprint density at radius 3 is 2.70 bits per heavy atom. The number of rotatable bonds is 6. The zero-order valence-corrected chi connectivity index (χ0v) is 11.2. The predicted molar refractivity (Wildman–Crippen MR) is 75.9 cm³/mol. The third kappa shape index (κ3) is 4.24. The minimum absolute atomic E-state index is 0.0362. The van der Waals surface area contributed by atoms with Crippen molar-refractivity contribution in [1.29, 1.82) is 0 Å². The van der Waals surface area contributed by atoms with Crippen LogP contribution >= 0.6 is 0 Å². The van der Waals surface area contributed by atoms with Crippen LogP contribution in [0.4, 0.5) is 11.5 Å². The van der Waals surface area contributed by atoms with E-state index in [1.54, 1.807) is 25.6 Å². The minimum atomic E-state index is -0.0362. The van der Waals surface area contributed by atoms with Crippen molar-refractivity contribution in [3.63, 3.8) is 0 Å². The van der Waals surface area contributed by atoms with Gasteiger partial charge < -0.3 is 15.4 Å². The molecular formula is C14H16N4O2. The standard InChI is InChI=1S/C14H16N4O2/c1-15-14(19)6-9-20-12-4-2-11(3-5-12)18-13-10-16-7-8-17-13/h2-5,7-8,10H,6,9H2,1H3,(H,15,19)(H,17,18). The summed E-state index contributed by atoms with van der Waals surface area (Å²) in [6.07, 6.45) is 5.23. The molecule has 0 saturated carbocycles. The number of aromatic nitrogens is 2. The van der Waals surface area contributed by atoms with Crippen LogP contribution in [0.1, 0.15) is 6.42 Å². The van der Waals surface area contributed by atoms with Crippen molar-refractivity contribution in [2.24, 2.45) is 0 Å². The summed E-state index contributed by atoms with van der Waals surface area (Å²) in [6, 6.07) is 7.43. The van der Waals surface area contributed by atoms with E-state index in [-0.39, 0.29) is 5.91 Å². The van der Waals surface area contributed by atoms with E-state index in [1.165, 1.54) is 0 Å². The second kappa shape index (κ2) is 7.08. The predicted octanol–water partition coefficient (Wildman–Crippen LogP) is 1.74. The minimum Gasteiger partial charge on any atom is -0.493 e. The lowest BCUT2D eigenvalue weighted by Gasteiger charge is -2.08. The van der Waals surface area contributed by atoms with Gasteiger partial charge in [-0.1, -0.05) is 0 Å². The number of anilines is 2. The van der Waals surface area contributed by atoms with E-state index in [9.17, 15) is 4.79 Å². The lowest BCUT2D eigenvalue weighted by atomic mass is 10.3. The number of hydrogen-bond acceptors (Lipinski definition) is 5. The molecule has 6 heteroatoms. The summed E-state index contributed by atoms with van der Waals surface area (Å²) in [5.41, 5.74) is 0.893. The first-order valence-electron chi connectivity index (χ1n) is 6.24. The van der Waals surface area contributed by atoms with E-state index in [2.05, 4.69) is 20.6 Å². The zero-order valence-electron chi connectivity index (χ0n) is 11.2. The summed E-state index contributed by atoms with van der Waals surface area (Å²) in [6.45, 7) is 0.358. The van der Waals surface area contributed by atoms with Gasteiger partial charge >= 0.3 is 0 Å². The van der Waals surface area contributed by atoms with Gasteiger partial charge in [0, 0.05) is 25.1 Å². The van der Waals surface area contributed by atoms with Gasteiger partial charge in [0.05, 0.1) is 19.2 Å². The molecule has 20 heavy (non-hydrogen) atoms. The molecule has 0 fully saturated rings. The van der Waals surface area contributed by atoms with Gasteiger partial charge in [0.15, 0.2) is 0 Å². The van der Waals surface area contributed by atoms with Crippen molar-refractivity contribution in [3.8, 4) is 5.75 Å². The molecule has 0 bridgehead atoms. The molecule has 0 unspecified atom stereocenters. The van der Waals surface area contributed by atoms with Crippen molar-refractivity contribution in [2.45, 2.75) is 6.42 Å². The maximum atomic E-state index is 11.0. The monoisotopic (exact) mass is 272 g/mol. The molecule has 104 valence electrons. The van der Waals surface area contributed by atoms with Gasteiger partial charge in [0.25, 0.3) is 0 Å². The molecule has 0 atom stereocenters. The van der Waals surface area contributed by atoms with E-state index in [0.717, 1.165) is 11.4 Å². The number of benzene rings is 1. The van der Waals surface area contributed by atoms with Crippen LogP contribution in [0.25, 0.3) is 0 Å². The SMILES string of the molecule is CNC(=O)CCOc1ccc(Nc2cnccn2)cc1. The first kappa shape index (κ1) is 13.8. The lowest BCUT2D eigenvalue weighted by molar-refractivity contribution is -0.121. The van der Waals surface area contributed by atoms with Gasteiger partial charge in [0.1, 0.15) is 11.6 Å². The molecule has 2 N–H and O–H groups in total. The number of carbonyl (C=O) groups is 1. The second-order valence-corrected chi connectivity index (χ2v) is 4.01. The van der Waals surface area contributed by atoms with Crippen LogP contribution < -0.4 is 15.4 Å². The van der Waals surface area contributed by atoms with E-state index >= 15 is 0 Å². The Kier molecular flexibility index (Phi) is 4.88. The quantitative estimate of drug-likeness (QED) is 0.837. The zero-order chi connectivity index (χ0) is 14.2. The molecule has 1 heterocycles. The molecule has 0 aliphatic rings. The number of hydrogen-bond donors (Lipinski definition) is 2. The van der Waals surface area contributed by atoms with Crippen molar-refractivity contribution >= 4 is 17.4 Å². The summed E-state index contributed by atoms with van der Waals surface area (Å²) in [4.78, 5) is 19.1. The van der Waals surface area contributed by atoms with Gasteiger partial charge in [0.2, 0.25) is 5.91 Å². The molecule has 0 saturated heterocycles. The Hall–Kier alpha value is -2.63. The smallest absolute Gasteiger partial charge is 0.223 e. The third-order valence-electron chi connectivity index (χ3n) is 2.57. The first-order chi connectivity index (χ1) is 9.78. The van der Waals surface area contributed by atoms with Gasteiger partial charge in [-0.2, -0.15) is 0 Å². The van der Waals surface area contributed by atoms with E-state index in [1.807, 2.05) is 24.3 Å². The fourth-order valence-corrected chi connectivity index (χ4v) is 1.53. The highest BCUT2D eigenvalue weighted by atomic mass is 16.5. The maximum absolute atomic E-state index is 11.0. The Morgan fingerprint density at radius 2 is 2.05 bits per heavy atom. The highest BCUT2D eigenvalue weighted by Crippen LogP contribution is 2.18. The molecule has 1 amide bonds. The summed E-state index contributed by atoms with van der Waals surface area (Å²) in [7, 11) is 1.61. The summed E-state index contributed by atoms with van der Waals surface area (Å²) >= 11 is 0. The molecular weight excluding hydrogens is 256 g/mol. The van der Waals surface area contributed by atoms with Crippen molar-refractivity contribution in [3.05, 3.63) is 42.9 Å². The molecule has 1 aromatic heterocycles. The van der Waals surface area contributed by atoms with Crippen LogP contribution in [0.2, 0.25) is 0 Å². The van der Waals surface area contributed by atoms with Crippen LogP contribution in [0.15, 0.2) is 42.9 Å². The number of nitrogens with one attached hydrogen (secondary N) is 2. The fraction of sp³-hybridized carbons (Fsp3) is 0.214. The number of amides is 1. The highest BCUT2D eigenvalue weighted by Gasteiger charge is 2.00. The topological polar surface area (TPSA) is 76.1 Å². The Morgan fingerprint density at radius 1 is 1.25 bits per heavy atom. The van der Waals surface area contributed by atoms with Crippen LogP contribution in [0, 0.1) is 0 Å². The van der Waals surface area contributed by atoms with Crippen molar-refractivity contribution in [2.75, 3.05) is 19.0 Å². The highest BCUT2D eigenvalue weighted by molar-refractivity contribution is 5.75. The average molecular weight is 272 g/mol. The second-order valence-electron chi connectivity index (χ2n) is 4.01. The largest absolute Gasteiger partial charge is 0.493 e. The molecule has 6 nitrogen and oxygen atoms in total. The van der Waals surface area contributed by atoms with Gasteiger partial charge in [-0.3, -0.25) is 9.78 Å². The average Bonchev–Trinajstić information content (AvgIpc) is 2.50. The lowest BCUT2D eigenvalue weighted by Crippen LogP contribution is -2.20. The Labute approximate surface area is 117 Å². The normalized spacial score (nSPS) is 9.85. The van der Waals surface area contributed by atoms with E-state index in [0.29, 0.717) is 18.8 Å². The summed E-state index contributed by atoms with van der Waals surface area (Å²) in [5, 5.41) is 5.67. The van der Waals surface area contributed by atoms with Gasteiger partial charge in [-0.05, 0) is 24.3 Å². The van der Waals surface area contributed by atoms with Crippen molar-refractivity contribution < 1.29 is 9.53 Å². The van der Waals surface area contributed by atoms with Crippen LogP contribution in [0.5, 0.6) is 5.75 Å². The van der Waals surface area contributed by atoms with Crippen LogP contribution in [-0.4, -0.2) is 29.5 Å². The van der Waals surface area contributed by atoms with Gasteiger partial charge in [-0.15, -0.1) is 0 Å². The van der Waals surface area contributed by atoms with Gasteiger partial charge in [-0.25, -0.2) is 4.98 Å². The van der Waals surface area contributed by atoms with E-state index in [4.69, 9.17) is 4.74 Å². The van der Waals surface area contributed by atoms with Crippen LogP contribution in [0.3, 0.4) is 0 Å². The number of carbonyl (C=O) groups excluding carboxylic acids is 1. The number of ether oxygens (including phenoxy) is 1. The summed E-state index contributed by atoms with van der Waals surface area (Å²) < 4.78 is 5.47. The first-order valence-corrected chi connectivity index (χ1v) is 6.24. The fourth-order valence-electron chi connectivity index (χ4n) is 1.53. The molecule has 2 rings (SSSR count). The summed E-state index contributed by atoms with van der Waals surface area (Å²) in [5.74, 6) is 1.37. The number of nitrogens with zero attached hydrogens (tertiary/aromatic N) is 2. The molecule has 0 aliphatic heterocycles. The third-order valence-corrected chi connectivity index (χ3v) is 2.57. The van der Waals surface area contributed by atoms with Crippen molar-refractivity contribution in [1.82, 2.24) is 15.3 Å². The molecule has 0 spiro atoms. The molecule has 2 aromatic rings. The maximum Gasteiger partial charge on any atom is 0.223 e. The molecule has 1 aromatic carbocycles. The van der Waals surface area contributed by atoms with Crippen LogP contribution in [-0.2, 0) is 4.79 Å². The van der Waals surface area contributed by atoms with E-state index < -0.39 is 0 Å². The molecule has 0 radical (unpaired) electrons.